The molecule has 0 saturated heterocycles. The molecule has 2 heterocycles. The topological polar surface area (TPSA) is 263 Å². The first-order valence-electron chi connectivity index (χ1n) is 14.1. The number of phenolic OH excluding ortho intramolecular Hbond substituents is 7. The number of hydrogen-bond donors (Lipinski definition) is 10. The first-order valence-corrected chi connectivity index (χ1v) is 14.1. The number of aromatic hydroxyl groups is 7. The molecule has 1 aliphatic rings. The zero-order valence-electron chi connectivity index (χ0n) is 25.9. The number of hydrogen-bond acceptors (Lipinski definition) is 14. The van der Waals surface area contributed by atoms with Crippen molar-refractivity contribution in [2.45, 2.75) is 54.1 Å². The van der Waals surface area contributed by atoms with Gasteiger partial charge in [-0.05, 0) is 30.7 Å². The highest BCUT2D eigenvalue weighted by Crippen LogP contribution is 2.44. The lowest BCUT2D eigenvalue weighted by molar-refractivity contribution is 0.207. The molecule has 0 radical (unpaired) electrons. The zero-order chi connectivity index (χ0) is 35.5. The third-order valence-corrected chi connectivity index (χ3v) is 5.60. The summed E-state index contributed by atoms with van der Waals surface area (Å²) in [6.45, 7) is 12.0. The molecule has 5 aromatic rings. The molecule has 2 aromatic heterocycles. The number of aliphatic hydroxyl groups excluding tert-OH is 3. The Hall–Kier alpha value is -5.76. The third kappa shape index (κ3) is 8.45. The number of phenols is 7. The van der Waals surface area contributed by atoms with Crippen LogP contribution >= 0.6 is 0 Å². The molecule has 0 bridgehead atoms. The van der Waals surface area contributed by atoms with Gasteiger partial charge in [0, 0.05) is 29.0 Å². The van der Waals surface area contributed by atoms with Crippen molar-refractivity contribution in [3.63, 3.8) is 0 Å². The average Bonchev–Trinajstić information content (AvgIpc) is 3.02. The summed E-state index contributed by atoms with van der Waals surface area (Å²) in [6.07, 6.45) is 2.30. The average molecular weight is 647 g/mol. The Kier molecular flexibility index (Phi) is 14.1. The fourth-order valence-corrected chi connectivity index (χ4v) is 3.83. The normalized spacial score (nSPS) is 13.2. The molecule has 10 N–H and O–H groups in total. The van der Waals surface area contributed by atoms with Crippen LogP contribution in [-0.2, 0) is 0 Å². The maximum absolute atomic E-state index is 12.0. The van der Waals surface area contributed by atoms with E-state index in [0.717, 1.165) is 30.3 Å². The van der Waals surface area contributed by atoms with Crippen LogP contribution in [0.3, 0.4) is 0 Å². The summed E-state index contributed by atoms with van der Waals surface area (Å²) in [6, 6.07) is 5.34. The maximum atomic E-state index is 12.0. The summed E-state index contributed by atoms with van der Waals surface area (Å²) in [7, 11) is 0. The van der Waals surface area contributed by atoms with Crippen molar-refractivity contribution in [2.24, 2.45) is 0 Å². The Labute approximate surface area is 261 Å². The lowest BCUT2D eigenvalue weighted by Gasteiger charge is -2.10. The Balaban J connectivity index is 0.000000367. The monoisotopic (exact) mass is 646 g/mol. The molecule has 6 rings (SSSR count). The standard InChI is InChI=1S/C14H6O8.C6H6O3.C6H8O3.3C2H6/c15-5-1-3-7-8-4(14(20)22-11(7)9(5)17)2-6(16)10(18)12(8)21-13(3)19;7-4-1-5(8)3-6(9)2-4;7-4-1-2-5(8)6(9)3-4;3*1-2/h1-2,15-18H;1-3,7-9H;2-4,7-9H,1H2;3*1-2H3. The quantitative estimate of drug-likeness (QED) is 0.0539. The summed E-state index contributed by atoms with van der Waals surface area (Å²) in [5, 5.41) is 90.9. The van der Waals surface area contributed by atoms with E-state index in [-0.39, 0.29) is 50.3 Å². The van der Waals surface area contributed by atoms with Crippen LogP contribution in [0.15, 0.2) is 72.4 Å². The van der Waals surface area contributed by atoms with Crippen LogP contribution in [0.25, 0.3) is 32.7 Å². The molecule has 0 amide bonds. The minimum atomic E-state index is -0.941. The highest BCUT2D eigenvalue weighted by atomic mass is 16.4. The second-order valence-electron chi connectivity index (χ2n) is 8.42. The maximum Gasteiger partial charge on any atom is 0.344 e. The molecule has 0 aliphatic heterocycles. The third-order valence-electron chi connectivity index (χ3n) is 5.60. The van der Waals surface area contributed by atoms with Gasteiger partial charge in [0.2, 0.25) is 11.5 Å². The van der Waals surface area contributed by atoms with E-state index in [1.165, 1.54) is 12.2 Å². The lowest BCUT2D eigenvalue weighted by atomic mass is 10.0. The van der Waals surface area contributed by atoms with Crippen LogP contribution in [0.1, 0.15) is 48.0 Å². The van der Waals surface area contributed by atoms with Gasteiger partial charge >= 0.3 is 11.3 Å². The van der Waals surface area contributed by atoms with Gasteiger partial charge in [-0.2, -0.15) is 0 Å². The van der Waals surface area contributed by atoms with Crippen LogP contribution in [0.5, 0.6) is 40.2 Å². The molecule has 3 aromatic carbocycles. The highest BCUT2D eigenvalue weighted by molar-refractivity contribution is 6.22. The van der Waals surface area contributed by atoms with Crippen LogP contribution in [0, 0.1) is 0 Å². The van der Waals surface area contributed by atoms with Gasteiger partial charge in [0.1, 0.15) is 17.2 Å². The molecular formula is C32H38O14. The molecule has 0 spiro atoms. The summed E-state index contributed by atoms with van der Waals surface area (Å²) in [5.41, 5.74) is -2.70. The largest absolute Gasteiger partial charge is 0.508 e. The predicted molar refractivity (Wildman–Crippen MR) is 171 cm³/mol. The summed E-state index contributed by atoms with van der Waals surface area (Å²) >= 11 is 0. The molecule has 0 saturated carbocycles. The fraction of sp³-hybridized carbons (Fsp3) is 0.250. The van der Waals surface area contributed by atoms with Crippen molar-refractivity contribution < 1.29 is 59.9 Å². The van der Waals surface area contributed by atoms with E-state index in [1.807, 2.05) is 41.5 Å². The highest BCUT2D eigenvalue weighted by Gasteiger charge is 2.25. The minimum Gasteiger partial charge on any atom is -0.508 e. The smallest absolute Gasteiger partial charge is 0.344 e. The van der Waals surface area contributed by atoms with Crippen LogP contribution < -0.4 is 11.3 Å². The molecule has 1 unspecified atom stereocenters. The van der Waals surface area contributed by atoms with E-state index in [9.17, 15) is 30.0 Å². The summed E-state index contributed by atoms with van der Waals surface area (Å²) < 4.78 is 9.87. The van der Waals surface area contributed by atoms with Gasteiger partial charge in [-0.1, -0.05) is 41.5 Å². The Morgan fingerprint density at radius 1 is 0.565 bits per heavy atom. The molecule has 250 valence electrons. The Bertz CT molecular complexity index is 1790. The van der Waals surface area contributed by atoms with Crippen molar-refractivity contribution in [1.29, 1.82) is 0 Å². The number of rotatable bonds is 0. The van der Waals surface area contributed by atoms with Crippen molar-refractivity contribution in [3.8, 4) is 40.2 Å². The van der Waals surface area contributed by atoms with Crippen LogP contribution in [-0.4, -0.2) is 57.2 Å². The Morgan fingerprint density at radius 2 is 0.913 bits per heavy atom. The minimum absolute atomic E-state index is 0.00597. The van der Waals surface area contributed by atoms with E-state index >= 15 is 0 Å². The van der Waals surface area contributed by atoms with E-state index < -0.39 is 51.5 Å². The molecular weight excluding hydrogens is 608 g/mol. The lowest BCUT2D eigenvalue weighted by Crippen LogP contribution is -2.07. The van der Waals surface area contributed by atoms with Gasteiger partial charge in [-0.25, -0.2) is 9.59 Å². The van der Waals surface area contributed by atoms with Crippen molar-refractivity contribution >= 4 is 32.7 Å². The van der Waals surface area contributed by atoms with E-state index in [1.54, 1.807) is 0 Å². The van der Waals surface area contributed by atoms with Crippen molar-refractivity contribution in [1.82, 2.24) is 0 Å². The van der Waals surface area contributed by atoms with E-state index in [4.69, 9.17) is 39.5 Å². The van der Waals surface area contributed by atoms with Gasteiger partial charge in [-0.15, -0.1) is 0 Å². The molecule has 0 fully saturated rings. The van der Waals surface area contributed by atoms with Gasteiger partial charge < -0.3 is 59.9 Å². The molecule has 14 nitrogen and oxygen atoms in total. The van der Waals surface area contributed by atoms with Gasteiger partial charge in [-0.3, -0.25) is 0 Å². The number of aliphatic hydroxyl groups is 3. The van der Waals surface area contributed by atoms with Crippen LogP contribution in [0.2, 0.25) is 0 Å². The summed E-state index contributed by atoms with van der Waals surface area (Å²) in [5.74, 6) is -3.58. The van der Waals surface area contributed by atoms with Gasteiger partial charge in [0.15, 0.2) is 34.2 Å². The van der Waals surface area contributed by atoms with Crippen LogP contribution in [0.4, 0.5) is 0 Å². The van der Waals surface area contributed by atoms with Crippen molar-refractivity contribution in [3.05, 3.63) is 74.8 Å². The molecule has 1 aliphatic carbocycles. The first-order chi connectivity index (χ1) is 21.8. The number of benzene rings is 3. The van der Waals surface area contributed by atoms with E-state index in [0.29, 0.717) is 6.42 Å². The summed E-state index contributed by atoms with van der Waals surface area (Å²) in [4.78, 5) is 24.0. The Morgan fingerprint density at radius 3 is 1.22 bits per heavy atom. The van der Waals surface area contributed by atoms with Gasteiger partial charge in [0.05, 0.1) is 16.9 Å². The second-order valence-corrected chi connectivity index (χ2v) is 8.42. The van der Waals surface area contributed by atoms with Crippen molar-refractivity contribution in [2.75, 3.05) is 0 Å². The van der Waals surface area contributed by atoms with E-state index in [2.05, 4.69) is 0 Å². The molecule has 14 heteroatoms. The molecule has 46 heavy (non-hydrogen) atoms. The SMILES string of the molecule is CC.CC.CC.O=c1oc2c(O)c(O)cc3c(=O)oc4c(O)c(O)cc1c4c23.OC1=CCC(O)C=C1O.Oc1cc(O)cc(O)c1. The molecule has 1 atom stereocenters. The fourth-order valence-electron chi connectivity index (χ4n) is 3.83. The second kappa shape index (κ2) is 16.9. The first kappa shape index (κ1) is 38.3. The predicted octanol–water partition coefficient (Wildman–Crippen LogP) is 5.83. The van der Waals surface area contributed by atoms with Gasteiger partial charge in [0.25, 0.3) is 0 Å². The zero-order valence-corrected chi connectivity index (χ0v) is 25.9.